The monoisotopic (exact) mass is 488 g/mol. The Bertz CT molecular complexity index is 1230. The van der Waals surface area contributed by atoms with E-state index in [4.69, 9.17) is 4.74 Å². The summed E-state index contributed by atoms with van der Waals surface area (Å²) in [6.45, 7) is 3.33. The summed E-state index contributed by atoms with van der Waals surface area (Å²) in [5.74, 6) is -3.30. The number of amides is 2. The Morgan fingerprint density at radius 3 is 2.51 bits per heavy atom. The van der Waals surface area contributed by atoms with Crippen molar-refractivity contribution in [3.63, 3.8) is 0 Å². The van der Waals surface area contributed by atoms with Gasteiger partial charge in [-0.1, -0.05) is 12.1 Å². The highest BCUT2D eigenvalue weighted by Gasteiger charge is 2.35. The average Bonchev–Trinajstić information content (AvgIpc) is 2.98. The number of hydrogen-bond acceptors (Lipinski definition) is 7. The summed E-state index contributed by atoms with van der Waals surface area (Å²) < 4.78 is 20.3. The third kappa shape index (κ3) is 5.24. The van der Waals surface area contributed by atoms with Crippen LogP contribution in [0.15, 0.2) is 23.0 Å². The SMILES string of the molecule is Cc1cc(CCC(=O)c2nc3n(c(=O)c2O)[C@@H](C)COC[C@@H]3N(C)C(=O)C(=O)N(C)C)ccc1F. The molecular weight excluding hydrogens is 459 g/mol. The van der Waals surface area contributed by atoms with E-state index in [9.17, 15) is 28.7 Å². The number of ketones is 1. The predicted molar refractivity (Wildman–Crippen MR) is 124 cm³/mol. The molecule has 35 heavy (non-hydrogen) atoms. The number of aryl methyl sites for hydroxylation is 2. The maximum Gasteiger partial charge on any atom is 0.312 e. The van der Waals surface area contributed by atoms with Gasteiger partial charge in [0.2, 0.25) is 5.75 Å². The Balaban J connectivity index is 1.99. The standard InChI is InChI=1S/C24H29FN4O6/c1-13-10-15(6-8-16(13)25)7-9-18(30)19-20(31)22(32)29-14(2)11-35-12-17(21(29)26-19)28(5)24(34)23(33)27(3)4/h6,8,10,14,17,31H,7,9,11-12H2,1-5H3/t14-,17-/m0/s1. The minimum absolute atomic E-state index is 0.0428. The molecule has 2 atom stereocenters. The molecule has 0 saturated heterocycles. The van der Waals surface area contributed by atoms with Crippen molar-refractivity contribution in [2.24, 2.45) is 0 Å². The van der Waals surface area contributed by atoms with Gasteiger partial charge in [-0.3, -0.25) is 23.7 Å². The first-order valence-electron chi connectivity index (χ1n) is 11.1. The molecule has 0 bridgehead atoms. The van der Waals surface area contributed by atoms with Crippen molar-refractivity contribution in [2.75, 3.05) is 34.4 Å². The first kappa shape index (κ1) is 26.0. The molecule has 0 aliphatic carbocycles. The minimum atomic E-state index is -0.948. The first-order valence-corrected chi connectivity index (χ1v) is 11.1. The second-order valence-electron chi connectivity index (χ2n) is 8.87. The van der Waals surface area contributed by atoms with Gasteiger partial charge in [-0.05, 0) is 37.5 Å². The molecule has 2 aromatic rings. The smallest absolute Gasteiger partial charge is 0.312 e. The number of fused-ring (bicyclic) bond motifs is 1. The lowest BCUT2D eigenvalue weighted by molar-refractivity contribution is -0.151. The quantitative estimate of drug-likeness (QED) is 0.499. The minimum Gasteiger partial charge on any atom is -0.501 e. The lowest BCUT2D eigenvalue weighted by Gasteiger charge is -2.28. The number of likely N-dealkylation sites (N-methyl/N-ethyl adjacent to an activating group) is 2. The van der Waals surface area contributed by atoms with Gasteiger partial charge < -0.3 is 19.6 Å². The zero-order chi connectivity index (χ0) is 26.0. The number of aromatic nitrogens is 2. The molecule has 0 fully saturated rings. The fourth-order valence-electron chi connectivity index (χ4n) is 3.90. The molecule has 3 rings (SSSR count). The first-order chi connectivity index (χ1) is 16.4. The van der Waals surface area contributed by atoms with Crippen LogP contribution in [-0.2, 0) is 20.7 Å². The van der Waals surface area contributed by atoms with Crippen molar-refractivity contribution in [1.29, 1.82) is 0 Å². The van der Waals surface area contributed by atoms with E-state index < -0.39 is 46.7 Å². The third-order valence-corrected chi connectivity index (χ3v) is 6.00. The van der Waals surface area contributed by atoms with E-state index in [1.54, 1.807) is 26.0 Å². The number of carbonyl (C=O) groups excluding carboxylic acids is 3. The summed E-state index contributed by atoms with van der Waals surface area (Å²) in [5.41, 5.74) is -0.0932. The molecule has 0 saturated carbocycles. The highest BCUT2D eigenvalue weighted by Crippen LogP contribution is 2.27. The summed E-state index contributed by atoms with van der Waals surface area (Å²) >= 11 is 0. The molecule has 188 valence electrons. The summed E-state index contributed by atoms with van der Waals surface area (Å²) in [7, 11) is 4.26. The number of rotatable bonds is 5. The van der Waals surface area contributed by atoms with Crippen LogP contribution >= 0.6 is 0 Å². The fraction of sp³-hybridized carbons (Fsp3) is 0.458. The van der Waals surface area contributed by atoms with E-state index in [2.05, 4.69) is 4.98 Å². The van der Waals surface area contributed by atoms with Crippen molar-refractivity contribution in [3.05, 3.63) is 57.0 Å². The zero-order valence-corrected chi connectivity index (χ0v) is 20.4. The summed E-state index contributed by atoms with van der Waals surface area (Å²) in [4.78, 5) is 57.6. The van der Waals surface area contributed by atoms with Crippen molar-refractivity contribution in [3.8, 4) is 5.75 Å². The molecule has 1 aromatic heterocycles. The Morgan fingerprint density at radius 1 is 1.20 bits per heavy atom. The molecule has 2 heterocycles. The van der Waals surface area contributed by atoms with Crippen LogP contribution in [0.1, 0.15) is 52.9 Å². The van der Waals surface area contributed by atoms with Crippen LogP contribution in [0.4, 0.5) is 4.39 Å². The van der Waals surface area contributed by atoms with Crippen LogP contribution in [-0.4, -0.2) is 76.4 Å². The number of nitrogens with zero attached hydrogens (tertiary/aromatic N) is 4. The molecule has 10 nitrogen and oxygen atoms in total. The van der Waals surface area contributed by atoms with Crippen LogP contribution in [0.5, 0.6) is 5.75 Å². The van der Waals surface area contributed by atoms with E-state index in [0.717, 1.165) is 15.4 Å². The van der Waals surface area contributed by atoms with Crippen molar-refractivity contribution >= 4 is 17.6 Å². The molecule has 1 aromatic carbocycles. The molecule has 2 amide bonds. The fourth-order valence-corrected chi connectivity index (χ4v) is 3.90. The molecule has 0 spiro atoms. The molecule has 0 radical (unpaired) electrons. The Kier molecular flexibility index (Phi) is 7.69. The van der Waals surface area contributed by atoms with Gasteiger partial charge in [-0.2, -0.15) is 0 Å². The van der Waals surface area contributed by atoms with E-state index in [1.807, 2.05) is 0 Å². The second-order valence-corrected chi connectivity index (χ2v) is 8.87. The highest BCUT2D eigenvalue weighted by molar-refractivity contribution is 6.34. The summed E-state index contributed by atoms with van der Waals surface area (Å²) in [5, 5.41) is 10.6. The van der Waals surface area contributed by atoms with E-state index >= 15 is 0 Å². The molecular formula is C24H29FN4O6. The molecule has 1 N–H and O–H groups in total. The van der Waals surface area contributed by atoms with Gasteiger partial charge >= 0.3 is 11.8 Å². The Labute approximate surface area is 201 Å². The van der Waals surface area contributed by atoms with Gasteiger partial charge in [-0.25, -0.2) is 9.37 Å². The number of carbonyl (C=O) groups is 3. The van der Waals surface area contributed by atoms with E-state index in [-0.39, 0.29) is 37.7 Å². The topological polar surface area (TPSA) is 122 Å². The van der Waals surface area contributed by atoms with E-state index in [1.165, 1.54) is 31.8 Å². The summed E-state index contributed by atoms with van der Waals surface area (Å²) in [6, 6.07) is 3.01. The van der Waals surface area contributed by atoms with Crippen molar-refractivity contribution in [1.82, 2.24) is 19.4 Å². The lowest BCUT2D eigenvalue weighted by Crippen LogP contribution is -2.44. The van der Waals surface area contributed by atoms with Crippen molar-refractivity contribution < 1.29 is 28.6 Å². The lowest BCUT2D eigenvalue weighted by atomic mass is 10.0. The number of ether oxygens (including phenoxy) is 1. The maximum absolute atomic E-state index is 13.5. The van der Waals surface area contributed by atoms with Crippen LogP contribution < -0.4 is 5.56 Å². The molecule has 11 heteroatoms. The average molecular weight is 489 g/mol. The number of benzene rings is 1. The second kappa shape index (κ2) is 10.3. The number of hydrogen-bond donors (Lipinski definition) is 1. The Hall–Kier alpha value is -3.60. The van der Waals surface area contributed by atoms with Gasteiger partial charge in [0.25, 0.3) is 5.56 Å². The van der Waals surface area contributed by atoms with Crippen LogP contribution in [0, 0.1) is 12.7 Å². The third-order valence-electron chi connectivity index (χ3n) is 6.00. The molecule has 1 aliphatic rings. The van der Waals surface area contributed by atoms with E-state index in [0.29, 0.717) is 5.56 Å². The Morgan fingerprint density at radius 2 is 1.89 bits per heavy atom. The number of Topliss-reactive ketones (excluding diaryl/α,β-unsaturated/α-hetero) is 1. The van der Waals surface area contributed by atoms with Crippen LogP contribution in [0.3, 0.4) is 0 Å². The molecule has 1 aliphatic heterocycles. The van der Waals surface area contributed by atoms with Gasteiger partial charge in [-0.15, -0.1) is 0 Å². The normalized spacial score (nSPS) is 17.3. The van der Waals surface area contributed by atoms with Gasteiger partial charge in [0.15, 0.2) is 11.5 Å². The van der Waals surface area contributed by atoms with Gasteiger partial charge in [0.1, 0.15) is 17.7 Å². The molecule has 0 unspecified atom stereocenters. The largest absolute Gasteiger partial charge is 0.501 e. The number of halogens is 1. The zero-order valence-electron chi connectivity index (χ0n) is 20.4. The summed E-state index contributed by atoms with van der Waals surface area (Å²) in [6.07, 6.45) is 0.164. The number of aromatic hydroxyl groups is 1. The maximum atomic E-state index is 13.5. The highest BCUT2D eigenvalue weighted by atomic mass is 19.1. The predicted octanol–water partition coefficient (Wildman–Crippen LogP) is 1.39. The van der Waals surface area contributed by atoms with Crippen LogP contribution in [0.2, 0.25) is 0 Å². The van der Waals surface area contributed by atoms with Gasteiger partial charge in [0.05, 0.1) is 19.3 Å². The van der Waals surface area contributed by atoms with Crippen LogP contribution in [0.25, 0.3) is 0 Å². The van der Waals surface area contributed by atoms with Crippen molar-refractivity contribution in [2.45, 2.75) is 38.8 Å². The van der Waals surface area contributed by atoms with Gasteiger partial charge in [0, 0.05) is 27.6 Å².